The lowest BCUT2D eigenvalue weighted by Gasteiger charge is -2.33. The Morgan fingerprint density at radius 2 is 1.90 bits per heavy atom. The Balaban J connectivity index is 1.64. The number of likely N-dealkylation sites (N-methyl/N-ethyl adjacent to an activating group) is 1. The summed E-state index contributed by atoms with van der Waals surface area (Å²) in [5.74, 6) is -0.581. The summed E-state index contributed by atoms with van der Waals surface area (Å²) in [6, 6.07) is 0.486. The first-order valence-electron chi connectivity index (χ1n) is 7.95. The molecule has 6 heteroatoms. The molecule has 120 valence electrons. The van der Waals surface area contributed by atoms with Gasteiger partial charge in [-0.25, -0.2) is 0 Å². The number of rotatable bonds is 8. The Morgan fingerprint density at radius 3 is 2.43 bits per heavy atom. The maximum absolute atomic E-state index is 12.2. The van der Waals surface area contributed by atoms with Crippen LogP contribution in [-0.4, -0.2) is 71.7 Å². The van der Waals surface area contributed by atoms with Crippen LogP contribution in [0.25, 0.3) is 0 Å². The van der Waals surface area contributed by atoms with Crippen molar-refractivity contribution in [2.24, 2.45) is 0 Å². The normalized spacial score (nSPS) is 20.4. The van der Waals surface area contributed by atoms with Crippen molar-refractivity contribution in [2.45, 2.75) is 51.2 Å². The second kappa shape index (κ2) is 7.75. The van der Waals surface area contributed by atoms with Crippen LogP contribution in [0.4, 0.5) is 0 Å². The third-order valence-electron chi connectivity index (χ3n) is 4.21. The molecule has 21 heavy (non-hydrogen) atoms. The number of carboxylic acid groups (broad SMARTS) is 1. The van der Waals surface area contributed by atoms with Crippen LogP contribution >= 0.6 is 0 Å². The summed E-state index contributed by atoms with van der Waals surface area (Å²) in [6.07, 6.45) is 4.26. The lowest BCUT2D eigenvalue weighted by molar-refractivity contribution is -0.139. The van der Waals surface area contributed by atoms with Crippen LogP contribution < -0.4 is 0 Å². The topological polar surface area (TPSA) is 70.1 Å². The summed E-state index contributed by atoms with van der Waals surface area (Å²) in [7, 11) is 0. The number of piperidine rings is 1. The Bertz CT molecular complexity index is 363. The van der Waals surface area contributed by atoms with Gasteiger partial charge in [-0.05, 0) is 32.6 Å². The molecular weight excluding hydrogens is 272 g/mol. The summed E-state index contributed by atoms with van der Waals surface area (Å²) < 4.78 is 5.56. The molecule has 1 saturated carbocycles. The molecule has 6 nitrogen and oxygen atoms in total. The minimum atomic E-state index is -0.822. The number of hydrogen-bond acceptors (Lipinski definition) is 4. The fourth-order valence-electron chi connectivity index (χ4n) is 2.85. The van der Waals surface area contributed by atoms with E-state index in [0.717, 1.165) is 45.3 Å². The van der Waals surface area contributed by atoms with Gasteiger partial charge < -0.3 is 14.7 Å². The molecule has 0 unspecified atom stereocenters. The van der Waals surface area contributed by atoms with E-state index in [2.05, 4.69) is 4.90 Å². The van der Waals surface area contributed by atoms with Crippen LogP contribution in [0.3, 0.4) is 0 Å². The van der Waals surface area contributed by atoms with Gasteiger partial charge >= 0.3 is 5.97 Å². The number of amides is 1. The Kier molecular flexibility index (Phi) is 5.99. The fourth-order valence-corrected chi connectivity index (χ4v) is 2.85. The maximum Gasteiger partial charge on any atom is 0.305 e. The molecule has 2 fully saturated rings. The molecule has 0 aromatic carbocycles. The predicted octanol–water partition coefficient (Wildman–Crippen LogP) is 0.953. The van der Waals surface area contributed by atoms with Gasteiger partial charge in [0.25, 0.3) is 0 Å². The van der Waals surface area contributed by atoms with Crippen molar-refractivity contribution in [1.29, 1.82) is 0 Å². The molecule has 1 saturated heterocycles. The van der Waals surface area contributed by atoms with Gasteiger partial charge in [-0.1, -0.05) is 0 Å². The van der Waals surface area contributed by atoms with Gasteiger partial charge in [0.15, 0.2) is 0 Å². The highest BCUT2D eigenvalue weighted by Crippen LogP contribution is 2.26. The molecule has 0 aromatic rings. The summed E-state index contributed by atoms with van der Waals surface area (Å²) in [5.41, 5.74) is 0. The number of nitrogens with zero attached hydrogens (tertiary/aromatic N) is 2. The Labute approximate surface area is 126 Å². The number of likely N-dealkylation sites (tertiary alicyclic amines) is 1. The SMILES string of the molecule is CCN(C(=O)CN1CCC(OCCC(=O)O)CC1)C1CC1. The van der Waals surface area contributed by atoms with Crippen LogP contribution in [0.1, 0.15) is 39.0 Å². The molecule has 0 radical (unpaired) electrons. The highest BCUT2D eigenvalue weighted by Gasteiger charge is 2.32. The Morgan fingerprint density at radius 1 is 1.24 bits per heavy atom. The standard InChI is InChI=1S/C15H26N2O4/c1-2-17(12-3-4-12)14(18)11-16-8-5-13(6-9-16)21-10-7-15(19)20/h12-13H,2-11H2,1H3,(H,19,20). The summed E-state index contributed by atoms with van der Waals surface area (Å²) in [6.45, 7) is 5.34. The van der Waals surface area contributed by atoms with Crippen molar-refractivity contribution in [1.82, 2.24) is 9.80 Å². The van der Waals surface area contributed by atoms with Crippen molar-refractivity contribution < 1.29 is 19.4 Å². The lowest BCUT2D eigenvalue weighted by atomic mass is 10.1. The molecule has 1 aliphatic heterocycles. The van der Waals surface area contributed by atoms with Gasteiger partial charge in [0.2, 0.25) is 5.91 Å². The van der Waals surface area contributed by atoms with E-state index in [1.165, 1.54) is 0 Å². The number of carbonyl (C=O) groups is 2. The smallest absolute Gasteiger partial charge is 0.305 e. The average molecular weight is 298 g/mol. The molecular formula is C15H26N2O4. The first-order valence-corrected chi connectivity index (χ1v) is 7.95. The number of aliphatic carboxylic acids is 1. The largest absolute Gasteiger partial charge is 0.481 e. The molecule has 0 spiro atoms. The number of ether oxygens (including phenoxy) is 1. The first-order chi connectivity index (χ1) is 10.1. The Hall–Kier alpha value is -1.14. The molecule has 1 heterocycles. The second-order valence-electron chi connectivity index (χ2n) is 5.90. The zero-order valence-electron chi connectivity index (χ0n) is 12.8. The van der Waals surface area contributed by atoms with Crippen LogP contribution in [0.5, 0.6) is 0 Å². The molecule has 1 aliphatic carbocycles. The third-order valence-corrected chi connectivity index (χ3v) is 4.21. The van der Waals surface area contributed by atoms with E-state index in [9.17, 15) is 9.59 Å². The summed E-state index contributed by atoms with van der Waals surface area (Å²) in [5, 5.41) is 8.58. The number of hydrogen-bond donors (Lipinski definition) is 1. The lowest BCUT2D eigenvalue weighted by Crippen LogP contribution is -2.45. The van der Waals surface area contributed by atoms with Crippen LogP contribution in [-0.2, 0) is 14.3 Å². The van der Waals surface area contributed by atoms with Gasteiger partial charge in [0.05, 0.1) is 25.7 Å². The van der Waals surface area contributed by atoms with E-state index in [1.54, 1.807) is 0 Å². The molecule has 1 amide bonds. The molecule has 0 bridgehead atoms. The van der Waals surface area contributed by atoms with Gasteiger partial charge in [-0.2, -0.15) is 0 Å². The minimum Gasteiger partial charge on any atom is -0.481 e. The molecule has 0 atom stereocenters. The van der Waals surface area contributed by atoms with Crippen molar-refractivity contribution >= 4 is 11.9 Å². The van der Waals surface area contributed by atoms with Crippen molar-refractivity contribution in [3.63, 3.8) is 0 Å². The van der Waals surface area contributed by atoms with Gasteiger partial charge in [-0.15, -0.1) is 0 Å². The highest BCUT2D eigenvalue weighted by molar-refractivity contribution is 5.78. The minimum absolute atomic E-state index is 0.0611. The highest BCUT2D eigenvalue weighted by atomic mass is 16.5. The summed E-state index contributed by atoms with van der Waals surface area (Å²) in [4.78, 5) is 26.9. The molecule has 2 rings (SSSR count). The summed E-state index contributed by atoms with van der Waals surface area (Å²) >= 11 is 0. The van der Waals surface area contributed by atoms with Crippen molar-refractivity contribution in [3.05, 3.63) is 0 Å². The van der Waals surface area contributed by atoms with E-state index in [-0.39, 0.29) is 25.0 Å². The quantitative estimate of drug-likeness (QED) is 0.722. The average Bonchev–Trinajstić information content (AvgIpc) is 3.26. The van der Waals surface area contributed by atoms with Crippen LogP contribution in [0.2, 0.25) is 0 Å². The van der Waals surface area contributed by atoms with Crippen molar-refractivity contribution in [2.75, 3.05) is 32.8 Å². The fraction of sp³-hybridized carbons (Fsp3) is 0.867. The second-order valence-corrected chi connectivity index (χ2v) is 5.90. The number of carboxylic acids is 1. The zero-order valence-corrected chi connectivity index (χ0v) is 12.8. The third kappa shape index (κ3) is 5.28. The van der Waals surface area contributed by atoms with Crippen molar-refractivity contribution in [3.8, 4) is 0 Å². The van der Waals surface area contributed by atoms with E-state index in [4.69, 9.17) is 9.84 Å². The van der Waals surface area contributed by atoms with E-state index in [0.29, 0.717) is 12.6 Å². The van der Waals surface area contributed by atoms with Gasteiger partial charge in [-0.3, -0.25) is 14.5 Å². The zero-order chi connectivity index (χ0) is 15.2. The van der Waals surface area contributed by atoms with Gasteiger partial charge in [0, 0.05) is 25.7 Å². The van der Waals surface area contributed by atoms with E-state index >= 15 is 0 Å². The van der Waals surface area contributed by atoms with Crippen LogP contribution in [0, 0.1) is 0 Å². The molecule has 1 N–H and O–H groups in total. The monoisotopic (exact) mass is 298 g/mol. The molecule has 2 aliphatic rings. The van der Waals surface area contributed by atoms with E-state index < -0.39 is 5.97 Å². The first kappa shape index (κ1) is 16.2. The maximum atomic E-state index is 12.2. The number of carbonyl (C=O) groups excluding carboxylic acids is 1. The predicted molar refractivity (Wildman–Crippen MR) is 78.1 cm³/mol. The van der Waals surface area contributed by atoms with Crippen LogP contribution in [0.15, 0.2) is 0 Å². The van der Waals surface area contributed by atoms with E-state index in [1.807, 2.05) is 11.8 Å². The molecule has 0 aromatic heterocycles. The van der Waals surface area contributed by atoms with Gasteiger partial charge in [0.1, 0.15) is 0 Å².